The van der Waals surface area contributed by atoms with Crippen molar-refractivity contribution in [1.82, 2.24) is 4.98 Å². The summed E-state index contributed by atoms with van der Waals surface area (Å²) < 4.78 is 5.53. The summed E-state index contributed by atoms with van der Waals surface area (Å²) in [5, 5.41) is 2.59. The molecule has 1 amide bonds. The summed E-state index contributed by atoms with van der Waals surface area (Å²) in [5.74, 6) is -0.818. The quantitative estimate of drug-likeness (QED) is 0.703. The Morgan fingerprint density at radius 1 is 1.07 bits per heavy atom. The Bertz CT molecular complexity index is 1070. The molecule has 0 saturated carbocycles. The third-order valence-corrected chi connectivity index (χ3v) is 4.49. The van der Waals surface area contributed by atoms with Crippen molar-refractivity contribution >= 4 is 17.6 Å². The zero-order valence-electron chi connectivity index (χ0n) is 14.3. The molecule has 2 aromatic carbocycles. The molecule has 4 rings (SSSR count). The van der Waals surface area contributed by atoms with Gasteiger partial charge in [-0.3, -0.25) is 9.59 Å². The SMILES string of the molecule is O=C(Nc1c[nH]ccc1=O)c1ccc2c(c1)C[C@@H](c1ccccc1)OC2=O. The van der Waals surface area contributed by atoms with E-state index in [1.807, 2.05) is 30.3 Å². The molecule has 0 radical (unpaired) electrons. The molecule has 0 bridgehead atoms. The van der Waals surface area contributed by atoms with Gasteiger partial charge >= 0.3 is 5.97 Å². The number of hydrogen-bond donors (Lipinski definition) is 2. The number of carbonyl (C=O) groups is 2. The lowest BCUT2D eigenvalue weighted by atomic mass is 9.93. The highest BCUT2D eigenvalue weighted by molar-refractivity contribution is 6.05. The van der Waals surface area contributed by atoms with Crippen LogP contribution in [0.15, 0.2) is 71.8 Å². The van der Waals surface area contributed by atoms with Crippen LogP contribution in [0.4, 0.5) is 5.69 Å². The number of rotatable bonds is 3. The lowest BCUT2D eigenvalue weighted by Gasteiger charge is -2.25. The molecule has 134 valence electrons. The Morgan fingerprint density at radius 3 is 2.67 bits per heavy atom. The fraction of sp³-hybridized carbons (Fsp3) is 0.0952. The summed E-state index contributed by atoms with van der Waals surface area (Å²) in [5.41, 5.74) is 2.36. The van der Waals surface area contributed by atoms with E-state index in [1.165, 1.54) is 18.5 Å². The van der Waals surface area contributed by atoms with E-state index in [1.54, 1.807) is 18.2 Å². The number of fused-ring (bicyclic) bond motifs is 1. The van der Waals surface area contributed by atoms with Crippen molar-refractivity contribution in [2.75, 3.05) is 5.32 Å². The van der Waals surface area contributed by atoms with Gasteiger partial charge in [0.2, 0.25) is 5.43 Å². The van der Waals surface area contributed by atoms with Crippen LogP contribution in [-0.4, -0.2) is 16.9 Å². The number of benzene rings is 2. The molecule has 1 aliphatic heterocycles. The Hall–Kier alpha value is -3.67. The van der Waals surface area contributed by atoms with Crippen molar-refractivity contribution in [2.45, 2.75) is 12.5 Å². The van der Waals surface area contributed by atoms with Gasteiger partial charge in [0.1, 0.15) is 11.8 Å². The number of amides is 1. The van der Waals surface area contributed by atoms with Gasteiger partial charge in [-0.05, 0) is 29.3 Å². The first-order valence-corrected chi connectivity index (χ1v) is 8.49. The molecule has 2 heterocycles. The summed E-state index contributed by atoms with van der Waals surface area (Å²) >= 11 is 0. The Balaban J connectivity index is 1.61. The highest BCUT2D eigenvalue weighted by Gasteiger charge is 2.28. The first kappa shape index (κ1) is 16.8. The van der Waals surface area contributed by atoms with Crippen LogP contribution in [0.2, 0.25) is 0 Å². The molecule has 27 heavy (non-hydrogen) atoms. The van der Waals surface area contributed by atoms with Gasteiger partial charge in [0.05, 0.1) is 5.56 Å². The normalized spacial score (nSPS) is 15.6. The number of ether oxygens (including phenoxy) is 1. The van der Waals surface area contributed by atoms with E-state index in [-0.39, 0.29) is 17.2 Å². The second kappa shape index (κ2) is 6.92. The number of hydrogen-bond acceptors (Lipinski definition) is 4. The van der Waals surface area contributed by atoms with Crippen LogP contribution in [0.25, 0.3) is 0 Å². The topological polar surface area (TPSA) is 88.3 Å². The van der Waals surface area contributed by atoms with Crippen LogP contribution < -0.4 is 10.7 Å². The Morgan fingerprint density at radius 2 is 1.89 bits per heavy atom. The average Bonchev–Trinajstić information content (AvgIpc) is 2.70. The predicted molar refractivity (Wildman–Crippen MR) is 99.8 cm³/mol. The number of carbonyl (C=O) groups excluding carboxylic acids is 2. The summed E-state index contributed by atoms with van der Waals surface area (Å²) in [6.07, 6.45) is 3.02. The van der Waals surface area contributed by atoms with Crippen molar-refractivity contribution < 1.29 is 14.3 Å². The molecule has 1 aromatic heterocycles. The smallest absolute Gasteiger partial charge is 0.339 e. The van der Waals surface area contributed by atoms with Crippen LogP contribution in [0, 0.1) is 0 Å². The fourth-order valence-electron chi connectivity index (χ4n) is 3.10. The molecule has 6 heteroatoms. The maximum absolute atomic E-state index is 12.5. The fourth-order valence-corrected chi connectivity index (χ4v) is 3.10. The molecular formula is C21H16N2O4. The second-order valence-corrected chi connectivity index (χ2v) is 6.26. The number of aromatic amines is 1. The van der Waals surface area contributed by atoms with Gasteiger partial charge < -0.3 is 15.0 Å². The van der Waals surface area contributed by atoms with Crippen molar-refractivity contribution in [2.24, 2.45) is 0 Å². The van der Waals surface area contributed by atoms with Crippen LogP contribution in [-0.2, 0) is 11.2 Å². The number of aromatic nitrogens is 1. The number of esters is 1. The number of H-pyrrole nitrogens is 1. The summed E-state index contributed by atoms with van der Waals surface area (Å²) in [6, 6.07) is 15.6. The van der Waals surface area contributed by atoms with E-state index in [0.717, 1.165) is 11.1 Å². The number of anilines is 1. The predicted octanol–water partition coefficient (Wildman–Crippen LogP) is 3.08. The minimum absolute atomic E-state index is 0.168. The molecule has 1 aliphatic rings. The molecule has 0 unspecified atom stereocenters. The van der Waals surface area contributed by atoms with E-state index in [4.69, 9.17) is 4.74 Å². The van der Waals surface area contributed by atoms with Gasteiger partial charge in [-0.15, -0.1) is 0 Å². The molecular weight excluding hydrogens is 344 g/mol. The molecule has 0 spiro atoms. The van der Waals surface area contributed by atoms with Crippen LogP contribution in [0.5, 0.6) is 0 Å². The van der Waals surface area contributed by atoms with Crippen molar-refractivity contribution in [1.29, 1.82) is 0 Å². The summed E-state index contributed by atoms with van der Waals surface area (Å²) in [6.45, 7) is 0. The summed E-state index contributed by atoms with van der Waals surface area (Å²) in [7, 11) is 0. The van der Waals surface area contributed by atoms with Gasteiger partial charge in [0, 0.05) is 30.4 Å². The third-order valence-electron chi connectivity index (χ3n) is 4.49. The molecule has 0 aliphatic carbocycles. The number of pyridine rings is 1. The van der Waals surface area contributed by atoms with E-state index in [2.05, 4.69) is 10.3 Å². The minimum atomic E-state index is -0.412. The molecule has 2 N–H and O–H groups in total. The van der Waals surface area contributed by atoms with E-state index in [0.29, 0.717) is 17.5 Å². The zero-order valence-corrected chi connectivity index (χ0v) is 14.3. The first-order chi connectivity index (χ1) is 13.1. The van der Waals surface area contributed by atoms with E-state index < -0.39 is 11.9 Å². The second-order valence-electron chi connectivity index (χ2n) is 6.26. The van der Waals surface area contributed by atoms with Gasteiger partial charge in [-0.25, -0.2) is 4.79 Å². The monoisotopic (exact) mass is 360 g/mol. The first-order valence-electron chi connectivity index (χ1n) is 8.49. The molecule has 6 nitrogen and oxygen atoms in total. The van der Waals surface area contributed by atoms with E-state index in [9.17, 15) is 14.4 Å². The van der Waals surface area contributed by atoms with Crippen molar-refractivity contribution in [3.63, 3.8) is 0 Å². The Kier molecular flexibility index (Phi) is 4.30. The third kappa shape index (κ3) is 3.37. The van der Waals surface area contributed by atoms with Crippen LogP contribution >= 0.6 is 0 Å². The van der Waals surface area contributed by atoms with E-state index >= 15 is 0 Å². The van der Waals surface area contributed by atoms with Gasteiger partial charge in [0.15, 0.2) is 0 Å². The molecule has 0 saturated heterocycles. The largest absolute Gasteiger partial charge is 0.454 e. The lowest BCUT2D eigenvalue weighted by molar-refractivity contribution is 0.0252. The van der Waals surface area contributed by atoms with Gasteiger partial charge in [-0.1, -0.05) is 30.3 Å². The summed E-state index contributed by atoms with van der Waals surface area (Å²) in [4.78, 5) is 39.4. The standard InChI is InChI=1S/C21H16N2O4/c24-18-8-9-22-12-17(18)23-20(25)14-6-7-16-15(10-14)11-19(27-21(16)26)13-4-2-1-3-5-13/h1-10,12,19H,11H2,(H,22,24)(H,23,25)/t19-/m0/s1. The number of cyclic esters (lactones) is 1. The van der Waals surface area contributed by atoms with Crippen LogP contribution in [0.3, 0.4) is 0 Å². The molecule has 3 aromatic rings. The van der Waals surface area contributed by atoms with Crippen molar-refractivity contribution in [3.8, 4) is 0 Å². The highest BCUT2D eigenvalue weighted by atomic mass is 16.5. The highest BCUT2D eigenvalue weighted by Crippen LogP contribution is 2.31. The van der Waals surface area contributed by atoms with Crippen LogP contribution in [0.1, 0.15) is 37.9 Å². The van der Waals surface area contributed by atoms with Gasteiger partial charge in [0.25, 0.3) is 5.91 Å². The van der Waals surface area contributed by atoms with Crippen molar-refractivity contribution in [3.05, 3.63) is 99.5 Å². The van der Waals surface area contributed by atoms with Gasteiger partial charge in [-0.2, -0.15) is 0 Å². The average molecular weight is 360 g/mol. The molecule has 0 fully saturated rings. The minimum Gasteiger partial charge on any atom is -0.454 e. The molecule has 1 atom stereocenters. The number of nitrogens with one attached hydrogen (secondary N) is 2. The lowest BCUT2D eigenvalue weighted by Crippen LogP contribution is -2.23. The maximum atomic E-state index is 12.5. The zero-order chi connectivity index (χ0) is 18.8. The maximum Gasteiger partial charge on any atom is 0.339 e. The Labute approximate surface area is 154 Å².